The number of methoxy groups -OCH3 is 1. The van der Waals surface area contributed by atoms with Gasteiger partial charge in [-0.25, -0.2) is 27.1 Å². The quantitative estimate of drug-likeness (QED) is 0.431. The Morgan fingerprint density at radius 3 is 2.41 bits per heavy atom. The van der Waals surface area contributed by atoms with Crippen LogP contribution in [0.2, 0.25) is 0 Å². The van der Waals surface area contributed by atoms with Crippen molar-refractivity contribution in [2.24, 2.45) is 0 Å². The van der Waals surface area contributed by atoms with Gasteiger partial charge in [-0.3, -0.25) is 4.90 Å². The van der Waals surface area contributed by atoms with Gasteiger partial charge in [0.2, 0.25) is 10.0 Å². The van der Waals surface area contributed by atoms with Crippen molar-refractivity contribution in [1.82, 2.24) is 10.0 Å². The summed E-state index contributed by atoms with van der Waals surface area (Å²) in [4.78, 5) is 27.7. The summed E-state index contributed by atoms with van der Waals surface area (Å²) in [7, 11) is -0.908. The summed E-state index contributed by atoms with van der Waals surface area (Å²) < 4.78 is 45.0. The van der Waals surface area contributed by atoms with Gasteiger partial charge in [-0.1, -0.05) is 37.1 Å². The van der Waals surface area contributed by atoms with Gasteiger partial charge < -0.3 is 10.1 Å². The van der Waals surface area contributed by atoms with Crippen molar-refractivity contribution < 1.29 is 27.1 Å². The maximum atomic E-state index is 14.0. The fourth-order valence-electron chi connectivity index (χ4n) is 5.72. The molecule has 2 N–H and O–H groups in total. The number of nitrogens with one attached hydrogen (secondary N) is 2. The van der Waals surface area contributed by atoms with Gasteiger partial charge in [-0.15, -0.1) is 0 Å². The number of sulfonamides is 1. The van der Waals surface area contributed by atoms with Crippen LogP contribution in [0.1, 0.15) is 47.2 Å². The zero-order valence-electron chi connectivity index (χ0n) is 21.8. The molecule has 0 bridgehead atoms. The number of carbonyl (C=O) groups is 2. The predicted octanol–water partition coefficient (Wildman–Crippen LogP) is 4.73. The number of urea groups is 1. The van der Waals surface area contributed by atoms with Crippen molar-refractivity contribution in [3.8, 4) is 11.1 Å². The Balaban J connectivity index is 1.42. The first kappa shape index (κ1) is 26.8. The molecule has 0 atom stereocenters. The first-order valence-electron chi connectivity index (χ1n) is 12.8. The molecule has 2 aliphatic rings. The number of hydrogen-bond donors (Lipinski definition) is 2. The van der Waals surface area contributed by atoms with E-state index in [1.165, 1.54) is 38.4 Å². The largest absolute Gasteiger partial charge is 0.465 e. The third-order valence-corrected chi connectivity index (χ3v) is 9.20. The predicted molar refractivity (Wildman–Crippen MR) is 146 cm³/mol. The summed E-state index contributed by atoms with van der Waals surface area (Å²) in [6.07, 6.45) is 4.01. The molecule has 0 saturated heterocycles. The van der Waals surface area contributed by atoms with Gasteiger partial charge in [0.25, 0.3) is 0 Å². The first-order chi connectivity index (χ1) is 18.7. The lowest BCUT2D eigenvalue weighted by atomic mass is 9.79. The lowest BCUT2D eigenvalue weighted by molar-refractivity contribution is 0.0601. The normalized spacial score (nSPS) is 15.8. The molecule has 10 heteroatoms. The Morgan fingerprint density at radius 2 is 1.74 bits per heavy atom. The van der Waals surface area contributed by atoms with Crippen LogP contribution in [0, 0.1) is 5.82 Å². The Hall–Kier alpha value is -3.76. The van der Waals surface area contributed by atoms with Crippen LogP contribution in [0.15, 0.2) is 65.6 Å². The van der Waals surface area contributed by atoms with E-state index < -0.39 is 21.8 Å². The van der Waals surface area contributed by atoms with E-state index in [0.717, 1.165) is 48.1 Å². The zero-order chi connectivity index (χ0) is 27.8. The molecule has 0 unspecified atom stereocenters. The topological polar surface area (TPSA) is 105 Å². The number of anilines is 1. The smallest absolute Gasteiger partial charge is 0.338 e. The molecule has 1 aliphatic carbocycles. The number of fused-ring (bicyclic) bond motifs is 2. The Labute approximate surface area is 227 Å². The molecule has 1 fully saturated rings. The summed E-state index contributed by atoms with van der Waals surface area (Å²) in [6, 6.07) is 16.0. The van der Waals surface area contributed by atoms with Gasteiger partial charge in [-0.05, 0) is 78.5 Å². The lowest BCUT2D eigenvalue weighted by Gasteiger charge is -2.25. The van der Waals surface area contributed by atoms with Crippen molar-refractivity contribution in [3.05, 3.63) is 83.2 Å². The SMILES string of the molecule is CNS(=O)(=O)c1ccc(CNC(=O)N2CC3(CCCC3)c3cc(-c4ccc(F)cc4C(=O)OC)ccc32)cc1. The number of esters is 1. The lowest BCUT2D eigenvalue weighted by Crippen LogP contribution is -2.41. The standard InChI is InChI=1S/C29H30FN3O5S/c1-31-39(36,37)22-9-5-19(6-10-22)17-32-28(35)33-18-29(13-3-4-14-29)25-15-20(7-12-26(25)33)23-11-8-21(30)16-24(23)27(34)38-2/h5-12,15-16,31H,3-4,13-14,17-18H2,1-2H3,(H,32,35). The average Bonchev–Trinajstić information content (AvgIpc) is 3.56. The van der Waals surface area contributed by atoms with Crippen LogP contribution < -0.4 is 14.9 Å². The van der Waals surface area contributed by atoms with Crippen molar-refractivity contribution >= 4 is 27.7 Å². The van der Waals surface area contributed by atoms with Crippen LogP contribution in [0.25, 0.3) is 11.1 Å². The highest BCUT2D eigenvalue weighted by molar-refractivity contribution is 7.89. The summed E-state index contributed by atoms with van der Waals surface area (Å²) in [5.41, 5.74) is 3.95. The van der Waals surface area contributed by atoms with Crippen LogP contribution in [0.3, 0.4) is 0 Å². The summed E-state index contributed by atoms with van der Waals surface area (Å²) in [5.74, 6) is -1.13. The zero-order valence-corrected chi connectivity index (χ0v) is 22.6. The van der Waals surface area contributed by atoms with Gasteiger partial charge in [-0.2, -0.15) is 0 Å². The van der Waals surface area contributed by atoms with Gasteiger partial charge >= 0.3 is 12.0 Å². The highest BCUT2D eigenvalue weighted by Crippen LogP contribution is 2.51. The van der Waals surface area contributed by atoms with Crippen LogP contribution in [0.4, 0.5) is 14.9 Å². The minimum atomic E-state index is -3.53. The van der Waals surface area contributed by atoms with Crippen LogP contribution >= 0.6 is 0 Å². The minimum absolute atomic E-state index is 0.152. The number of nitrogens with zero attached hydrogens (tertiary/aromatic N) is 1. The van der Waals surface area contributed by atoms with E-state index in [-0.39, 0.29) is 28.4 Å². The second-order valence-corrected chi connectivity index (χ2v) is 11.9. The highest BCUT2D eigenvalue weighted by Gasteiger charge is 2.46. The summed E-state index contributed by atoms with van der Waals surface area (Å²) >= 11 is 0. The van der Waals surface area contributed by atoms with Crippen LogP contribution in [0.5, 0.6) is 0 Å². The number of rotatable bonds is 6. The summed E-state index contributed by atoms with van der Waals surface area (Å²) in [5, 5.41) is 2.96. The number of hydrogen-bond acceptors (Lipinski definition) is 5. The monoisotopic (exact) mass is 551 g/mol. The second-order valence-electron chi connectivity index (χ2n) is 10.00. The molecule has 1 heterocycles. The number of halogens is 1. The molecule has 0 radical (unpaired) electrons. The molecule has 1 aliphatic heterocycles. The first-order valence-corrected chi connectivity index (χ1v) is 14.3. The Bertz CT molecular complexity index is 1530. The van der Waals surface area contributed by atoms with E-state index in [4.69, 9.17) is 4.74 Å². The molecule has 3 aromatic carbocycles. The van der Waals surface area contributed by atoms with Gasteiger partial charge in [0.15, 0.2) is 0 Å². The van der Waals surface area contributed by atoms with Crippen LogP contribution in [-0.4, -0.2) is 41.1 Å². The third-order valence-electron chi connectivity index (χ3n) is 7.77. The Kier molecular flexibility index (Phi) is 7.17. The summed E-state index contributed by atoms with van der Waals surface area (Å²) in [6.45, 7) is 0.790. The highest BCUT2D eigenvalue weighted by atomic mass is 32.2. The number of benzene rings is 3. The van der Waals surface area contributed by atoms with E-state index in [1.54, 1.807) is 23.1 Å². The maximum Gasteiger partial charge on any atom is 0.338 e. The number of carbonyl (C=O) groups excluding carboxylic acids is 2. The molecular formula is C29H30FN3O5S. The molecule has 2 amide bonds. The van der Waals surface area contributed by atoms with Gasteiger partial charge in [0, 0.05) is 24.2 Å². The van der Waals surface area contributed by atoms with Crippen molar-refractivity contribution in [3.63, 3.8) is 0 Å². The van der Waals surface area contributed by atoms with E-state index in [9.17, 15) is 22.4 Å². The molecular weight excluding hydrogens is 521 g/mol. The molecule has 3 aromatic rings. The number of ether oxygens (including phenoxy) is 1. The molecule has 8 nitrogen and oxygen atoms in total. The van der Waals surface area contributed by atoms with E-state index in [1.807, 2.05) is 18.2 Å². The van der Waals surface area contributed by atoms with Crippen LogP contribution in [-0.2, 0) is 26.7 Å². The van der Waals surface area contributed by atoms with E-state index in [2.05, 4.69) is 10.0 Å². The third kappa shape index (κ3) is 5.02. The second kappa shape index (κ2) is 10.4. The molecule has 1 saturated carbocycles. The molecule has 1 spiro atoms. The average molecular weight is 552 g/mol. The van der Waals surface area contributed by atoms with E-state index >= 15 is 0 Å². The minimum Gasteiger partial charge on any atom is -0.465 e. The number of amides is 2. The molecule has 0 aromatic heterocycles. The maximum absolute atomic E-state index is 14.0. The van der Waals surface area contributed by atoms with Crippen molar-refractivity contribution in [1.29, 1.82) is 0 Å². The molecule has 5 rings (SSSR count). The molecule has 39 heavy (non-hydrogen) atoms. The Morgan fingerprint density at radius 1 is 1.03 bits per heavy atom. The molecule has 204 valence electrons. The van der Waals surface area contributed by atoms with Crippen molar-refractivity contribution in [2.45, 2.75) is 42.5 Å². The fraction of sp³-hybridized carbons (Fsp3) is 0.310. The van der Waals surface area contributed by atoms with Gasteiger partial charge in [0.05, 0.1) is 17.6 Å². The van der Waals surface area contributed by atoms with Crippen molar-refractivity contribution in [2.75, 3.05) is 25.6 Å². The fourth-order valence-corrected chi connectivity index (χ4v) is 6.45. The van der Waals surface area contributed by atoms with Gasteiger partial charge in [0.1, 0.15) is 5.82 Å². The van der Waals surface area contributed by atoms with E-state index in [0.29, 0.717) is 12.1 Å².